The Morgan fingerprint density at radius 2 is 1.74 bits per heavy atom. The highest BCUT2D eigenvalue weighted by Gasteiger charge is 2.09. The number of nitrogens with zero attached hydrogens (tertiary/aromatic N) is 1. The minimum Gasteiger partial charge on any atom is -0.310 e. The lowest BCUT2D eigenvalue weighted by Gasteiger charge is -2.18. The topological polar surface area (TPSA) is 40.7 Å². The van der Waals surface area contributed by atoms with Crippen LogP contribution in [0, 0.1) is 6.92 Å². The van der Waals surface area contributed by atoms with Crippen molar-refractivity contribution >= 4 is 0 Å². The molecular weight excluding hydrogens is 234 g/mol. The number of nitrogens with one attached hydrogen (secondary N) is 2. The lowest BCUT2D eigenvalue weighted by Crippen LogP contribution is -2.28. The molecular formula is C16H31N3. The van der Waals surface area contributed by atoms with E-state index in [9.17, 15) is 0 Å². The van der Waals surface area contributed by atoms with Crippen molar-refractivity contribution in [1.82, 2.24) is 15.5 Å². The van der Waals surface area contributed by atoms with Crippen molar-refractivity contribution in [2.24, 2.45) is 0 Å². The highest BCUT2D eigenvalue weighted by Crippen LogP contribution is 2.12. The van der Waals surface area contributed by atoms with Crippen LogP contribution < -0.4 is 5.32 Å². The van der Waals surface area contributed by atoms with E-state index in [2.05, 4.69) is 36.3 Å². The van der Waals surface area contributed by atoms with E-state index in [1.165, 1.54) is 62.6 Å². The lowest BCUT2D eigenvalue weighted by molar-refractivity contribution is 0.417. The van der Waals surface area contributed by atoms with Crippen molar-refractivity contribution in [2.45, 2.75) is 84.7 Å². The first-order valence-electron chi connectivity index (χ1n) is 8.00. The number of aromatic amines is 1. The number of aromatic nitrogens is 2. The number of hydrogen-bond donors (Lipinski definition) is 2. The van der Waals surface area contributed by atoms with Gasteiger partial charge in [-0.3, -0.25) is 5.10 Å². The summed E-state index contributed by atoms with van der Waals surface area (Å²) in [6, 6.07) is 0.674. The van der Waals surface area contributed by atoms with Crippen molar-refractivity contribution in [1.29, 1.82) is 0 Å². The Hall–Kier alpha value is -0.830. The summed E-state index contributed by atoms with van der Waals surface area (Å²) < 4.78 is 0. The third-order valence-corrected chi connectivity index (χ3v) is 3.83. The number of rotatable bonds is 11. The Morgan fingerprint density at radius 1 is 1.11 bits per heavy atom. The monoisotopic (exact) mass is 265 g/mol. The molecule has 19 heavy (non-hydrogen) atoms. The molecule has 0 aromatic carbocycles. The van der Waals surface area contributed by atoms with E-state index < -0.39 is 0 Å². The van der Waals surface area contributed by atoms with Gasteiger partial charge in [0.2, 0.25) is 0 Å². The number of aryl methyl sites for hydroxylation is 1. The van der Waals surface area contributed by atoms with Gasteiger partial charge in [-0.05, 0) is 19.8 Å². The zero-order valence-electron chi connectivity index (χ0n) is 13.0. The fourth-order valence-corrected chi connectivity index (χ4v) is 2.44. The molecule has 0 fully saturated rings. The van der Waals surface area contributed by atoms with E-state index in [-0.39, 0.29) is 0 Å². The summed E-state index contributed by atoms with van der Waals surface area (Å²) in [5.74, 6) is 0. The Bertz CT molecular complexity index is 310. The van der Waals surface area contributed by atoms with E-state index in [1.54, 1.807) is 0 Å². The Labute approximate surface area is 118 Å². The van der Waals surface area contributed by atoms with Crippen LogP contribution in [-0.4, -0.2) is 16.2 Å². The first-order chi connectivity index (χ1) is 9.27. The predicted molar refractivity (Wildman–Crippen MR) is 82.2 cm³/mol. The summed E-state index contributed by atoms with van der Waals surface area (Å²) in [4.78, 5) is 0. The maximum Gasteiger partial charge on any atom is 0.0535 e. The molecule has 110 valence electrons. The Kier molecular flexibility index (Phi) is 8.55. The fraction of sp³-hybridized carbons (Fsp3) is 0.812. The van der Waals surface area contributed by atoms with Gasteiger partial charge in [-0.2, -0.15) is 5.10 Å². The van der Waals surface area contributed by atoms with Crippen molar-refractivity contribution < 1.29 is 0 Å². The van der Waals surface area contributed by atoms with E-state index in [4.69, 9.17) is 0 Å². The summed E-state index contributed by atoms with van der Waals surface area (Å²) in [5, 5.41) is 10.8. The highest BCUT2D eigenvalue weighted by atomic mass is 15.1. The molecule has 3 heteroatoms. The van der Waals surface area contributed by atoms with Crippen LogP contribution in [-0.2, 0) is 6.54 Å². The molecule has 1 aromatic rings. The average Bonchev–Trinajstić information content (AvgIpc) is 2.81. The van der Waals surface area contributed by atoms with Crippen molar-refractivity contribution in [3.05, 3.63) is 17.5 Å². The van der Waals surface area contributed by atoms with Crippen LogP contribution in [0.15, 0.2) is 6.20 Å². The minimum absolute atomic E-state index is 0.674. The summed E-state index contributed by atoms with van der Waals surface area (Å²) in [6.45, 7) is 7.58. The average molecular weight is 265 g/mol. The van der Waals surface area contributed by atoms with Gasteiger partial charge < -0.3 is 5.32 Å². The number of hydrogen-bond acceptors (Lipinski definition) is 2. The van der Waals surface area contributed by atoms with Crippen LogP contribution in [0.5, 0.6) is 0 Å². The molecule has 1 heterocycles. The molecule has 0 radical (unpaired) electrons. The van der Waals surface area contributed by atoms with E-state index >= 15 is 0 Å². The zero-order valence-corrected chi connectivity index (χ0v) is 13.0. The molecule has 0 aliphatic heterocycles. The third-order valence-electron chi connectivity index (χ3n) is 3.83. The minimum atomic E-state index is 0.674. The largest absolute Gasteiger partial charge is 0.310 e. The Morgan fingerprint density at radius 3 is 2.21 bits per heavy atom. The van der Waals surface area contributed by atoms with Crippen LogP contribution in [0.25, 0.3) is 0 Å². The second kappa shape index (κ2) is 10.0. The van der Waals surface area contributed by atoms with Crippen LogP contribution in [0.2, 0.25) is 0 Å². The molecule has 0 aliphatic carbocycles. The van der Waals surface area contributed by atoms with Gasteiger partial charge >= 0.3 is 0 Å². The summed E-state index contributed by atoms with van der Waals surface area (Å²) in [5.41, 5.74) is 2.49. The first kappa shape index (κ1) is 16.2. The van der Waals surface area contributed by atoms with Crippen LogP contribution in [0.3, 0.4) is 0 Å². The molecule has 0 spiro atoms. The highest BCUT2D eigenvalue weighted by molar-refractivity contribution is 5.13. The Balaban J connectivity index is 2.32. The number of unbranched alkanes of at least 4 members (excludes halogenated alkanes) is 4. The standard InChI is InChI=1S/C16H31N3/c1-4-6-8-10-16(11-9-7-5-2)17-12-15-13-18-19-14(15)3/h13,16-17H,4-12H2,1-3H3,(H,18,19). The van der Waals surface area contributed by atoms with Gasteiger partial charge in [-0.25, -0.2) is 0 Å². The van der Waals surface area contributed by atoms with Crippen molar-refractivity contribution in [3.8, 4) is 0 Å². The fourth-order valence-electron chi connectivity index (χ4n) is 2.44. The van der Waals surface area contributed by atoms with E-state index in [1.807, 2.05) is 6.20 Å². The second-order valence-electron chi connectivity index (χ2n) is 5.59. The van der Waals surface area contributed by atoms with Gasteiger partial charge in [0.1, 0.15) is 0 Å². The summed E-state index contributed by atoms with van der Waals surface area (Å²) in [7, 11) is 0. The quantitative estimate of drug-likeness (QED) is 0.584. The zero-order chi connectivity index (χ0) is 13.9. The number of H-pyrrole nitrogens is 1. The lowest BCUT2D eigenvalue weighted by atomic mass is 10.0. The molecule has 0 saturated heterocycles. The van der Waals surface area contributed by atoms with Gasteiger partial charge in [0.05, 0.1) is 6.20 Å². The van der Waals surface area contributed by atoms with Gasteiger partial charge in [-0.1, -0.05) is 52.4 Å². The van der Waals surface area contributed by atoms with Crippen LogP contribution >= 0.6 is 0 Å². The maximum atomic E-state index is 4.09. The van der Waals surface area contributed by atoms with Crippen molar-refractivity contribution in [2.75, 3.05) is 0 Å². The maximum absolute atomic E-state index is 4.09. The molecule has 0 saturated carbocycles. The smallest absolute Gasteiger partial charge is 0.0535 e. The normalized spacial score (nSPS) is 11.4. The molecule has 2 N–H and O–H groups in total. The van der Waals surface area contributed by atoms with E-state index in [0.717, 1.165) is 6.54 Å². The molecule has 0 atom stereocenters. The summed E-state index contributed by atoms with van der Waals surface area (Å²) >= 11 is 0. The summed E-state index contributed by atoms with van der Waals surface area (Å²) in [6.07, 6.45) is 12.6. The van der Waals surface area contributed by atoms with Crippen LogP contribution in [0.1, 0.15) is 76.5 Å². The predicted octanol–water partition coefficient (Wildman–Crippen LogP) is 4.34. The van der Waals surface area contributed by atoms with Gasteiger partial charge in [0.25, 0.3) is 0 Å². The molecule has 0 bridgehead atoms. The molecule has 1 aromatic heterocycles. The van der Waals surface area contributed by atoms with Gasteiger partial charge in [-0.15, -0.1) is 0 Å². The molecule has 3 nitrogen and oxygen atoms in total. The SMILES string of the molecule is CCCCCC(CCCCC)NCc1cn[nH]c1C. The molecule has 1 rings (SSSR count). The van der Waals surface area contributed by atoms with Gasteiger partial charge in [0, 0.05) is 23.8 Å². The first-order valence-corrected chi connectivity index (χ1v) is 8.00. The molecule has 0 aliphatic rings. The van der Waals surface area contributed by atoms with Gasteiger partial charge in [0.15, 0.2) is 0 Å². The molecule has 0 amide bonds. The van der Waals surface area contributed by atoms with Crippen LogP contribution in [0.4, 0.5) is 0 Å². The second-order valence-corrected chi connectivity index (χ2v) is 5.59. The third kappa shape index (κ3) is 6.76. The van der Waals surface area contributed by atoms with Crippen molar-refractivity contribution in [3.63, 3.8) is 0 Å². The van der Waals surface area contributed by atoms with E-state index in [0.29, 0.717) is 6.04 Å². The molecule has 0 unspecified atom stereocenters.